The van der Waals surface area contributed by atoms with E-state index < -0.39 is 0 Å². The molecule has 4 aromatic rings. The molecular weight excluding hydrogens is 476 g/mol. The van der Waals surface area contributed by atoms with E-state index in [4.69, 9.17) is 21.3 Å². The van der Waals surface area contributed by atoms with Gasteiger partial charge in [-0.25, -0.2) is 4.98 Å². The SMILES string of the molecule is CN1CCC[C@H]1COc1nc2cc(-c3cc(O)cc4ccccc34)c(Cl)cc2n(CC2CNC2)c1=O. The third-order valence-corrected chi connectivity index (χ3v) is 7.85. The third kappa shape index (κ3) is 4.21. The Morgan fingerprint density at radius 3 is 2.75 bits per heavy atom. The first-order valence-corrected chi connectivity index (χ1v) is 12.9. The summed E-state index contributed by atoms with van der Waals surface area (Å²) in [6.45, 7) is 3.81. The Hall–Kier alpha value is -3.13. The third-order valence-electron chi connectivity index (χ3n) is 7.53. The molecule has 2 aliphatic rings. The molecule has 1 aromatic heterocycles. The second-order valence-electron chi connectivity index (χ2n) is 9.98. The van der Waals surface area contributed by atoms with Crippen LogP contribution in [0.25, 0.3) is 32.9 Å². The van der Waals surface area contributed by atoms with E-state index in [0.29, 0.717) is 35.1 Å². The van der Waals surface area contributed by atoms with Gasteiger partial charge in [0.25, 0.3) is 5.88 Å². The normalized spacial score (nSPS) is 18.7. The van der Waals surface area contributed by atoms with Crippen molar-refractivity contribution >= 4 is 33.4 Å². The topological polar surface area (TPSA) is 79.6 Å². The Labute approximate surface area is 214 Å². The zero-order valence-electron chi connectivity index (χ0n) is 20.2. The van der Waals surface area contributed by atoms with E-state index in [0.717, 1.165) is 54.4 Å². The van der Waals surface area contributed by atoms with Crippen molar-refractivity contribution in [1.29, 1.82) is 0 Å². The van der Waals surface area contributed by atoms with Gasteiger partial charge in [0.05, 0.1) is 16.1 Å². The Balaban J connectivity index is 1.49. The summed E-state index contributed by atoms with van der Waals surface area (Å²) in [6.07, 6.45) is 2.19. The molecule has 2 saturated heterocycles. The fourth-order valence-electron chi connectivity index (χ4n) is 5.34. The number of benzene rings is 3. The number of hydrogen-bond donors (Lipinski definition) is 2. The number of nitrogens with one attached hydrogen (secondary N) is 1. The van der Waals surface area contributed by atoms with E-state index in [1.165, 1.54) is 0 Å². The molecule has 2 N–H and O–H groups in total. The molecule has 0 spiro atoms. The quantitative estimate of drug-likeness (QED) is 0.408. The molecule has 7 nitrogen and oxygen atoms in total. The van der Waals surface area contributed by atoms with Gasteiger partial charge in [-0.15, -0.1) is 0 Å². The first-order valence-electron chi connectivity index (χ1n) is 12.5. The van der Waals surface area contributed by atoms with Gasteiger partial charge in [-0.05, 0) is 67.0 Å². The van der Waals surface area contributed by atoms with E-state index >= 15 is 0 Å². The van der Waals surface area contributed by atoms with Gasteiger partial charge in [0, 0.05) is 37.2 Å². The van der Waals surface area contributed by atoms with Crippen LogP contribution in [0.1, 0.15) is 12.8 Å². The highest BCUT2D eigenvalue weighted by atomic mass is 35.5. The molecule has 0 radical (unpaired) electrons. The van der Waals surface area contributed by atoms with Crippen LogP contribution in [0.3, 0.4) is 0 Å². The van der Waals surface area contributed by atoms with Gasteiger partial charge < -0.3 is 24.6 Å². The van der Waals surface area contributed by atoms with E-state index in [2.05, 4.69) is 17.3 Å². The van der Waals surface area contributed by atoms with Gasteiger partial charge in [-0.3, -0.25) is 4.79 Å². The fourth-order valence-corrected chi connectivity index (χ4v) is 5.60. The number of aromatic nitrogens is 2. The Kier molecular flexibility index (Phi) is 6.07. The maximum absolute atomic E-state index is 13.5. The number of fused-ring (bicyclic) bond motifs is 2. The van der Waals surface area contributed by atoms with Crippen LogP contribution in [-0.2, 0) is 6.54 Å². The van der Waals surface area contributed by atoms with Crippen LogP contribution in [0, 0.1) is 5.92 Å². The number of ether oxygens (including phenoxy) is 1. The molecule has 3 aromatic carbocycles. The van der Waals surface area contributed by atoms with Gasteiger partial charge in [-0.2, -0.15) is 0 Å². The number of rotatable bonds is 6. The minimum absolute atomic E-state index is 0.129. The van der Waals surface area contributed by atoms with E-state index in [1.54, 1.807) is 16.7 Å². The van der Waals surface area contributed by atoms with Crippen molar-refractivity contribution in [3.63, 3.8) is 0 Å². The lowest BCUT2D eigenvalue weighted by molar-refractivity contribution is 0.190. The Morgan fingerprint density at radius 1 is 1.17 bits per heavy atom. The van der Waals surface area contributed by atoms with Gasteiger partial charge in [-0.1, -0.05) is 35.9 Å². The van der Waals surface area contributed by atoms with Gasteiger partial charge in [0.1, 0.15) is 12.4 Å². The number of likely N-dealkylation sites (N-methyl/N-ethyl adjacent to an activating group) is 1. The molecule has 0 aliphatic carbocycles. The van der Waals surface area contributed by atoms with E-state index in [-0.39, 0.29) is 23.2 Å². The van der Waals surface area contributed by atoms with Crippen LogP contribution < -0.4 is 15.6 Å². The molecule has 0 saturated carbocycles. The first kappa shape index (κ1) is 23.3. The summed E-state index contributed by atoms with van der Waals surface area (Å²) in [5.74, 6) is 0.666. The summed E-state index contributed by atoms with van der Waals surface area (Å²) in [5, 5.41) is 16.1. The standard InChI is InChI=1S/C28H29ClN4O3/c1-32-8-4-6-19(32)16-36-27-28(35)33(15-17-13-30-14-17)26-12-24(29)23(11-25(26)31-27)22-10-20(34)9-18-5-2-3-7-21(18)22/h2-3,5,7,9-12,17,19,30,34H,4,6,8,13-16H2,1H3/t19-/m0/s1. The molecular formula is C28H29ClN4O3. The number of halogens is 1. The van der Waals surface area contributed by atoms with Crippen molar-refractivity contribution < 1.29 is 9.84 Å². The van der Waals surface area contributed by atoms with Gasteiger partial charge in [0.15, 0.2) is 0 Å². The average molecular weight is 505 g/mol. The second-order valence-corrected chi connectivity index (χ2v) is 10.4. The Bertz CT molecular complexity index is 1510. The van der Waals surface area contributed by atoms with E-state index in [1.807, 2.05) is 36.4 Å². The number of hydrogen-bond acceptors (Lipinski definition) is 6. The largest absolute Gasteiger partial charge is 0.508 e. The number of nitrogens with zero attached hydrogens (tertiary/aromatic N) is 3. The maximum Gasteiger partial charge on any atom is 0.313 e. The molecule has 0 unspecified atom stereocenters. The fraction of sp³-hybridized carbons (Fsp3) is 0.357. The molecule has 2 fully saturated rings. The molecule has 6 rings (SSSR count). The van der Waals surface area contributed by atoms with Crippen LogP contribution in [0.15, 0.2) is 53.3 Å². The van der Waals surface area contributed by atoms with Gasteiger partial charge in [0.2, 0.25) is 0 Å². The predicted octanol–water partition coefficient (Wildman–Crippen LogP) is 4.27. The minimum Gasteiger partial charge on any atom is -0.508 e. The summed E-state index contributed by atoms with van der Waals surface area (Å²) in [7, 11) is 2.09. The molecule has 0 amide bonds. The highest BCUT2D eigenvalue weighted by Crippen LogP contribution is 2.38. The van der Waals surface area contributed by atoms with Gasteiger partial charge >= 0.3 is 5.56 Å². The molecule has 36 heavy (non-hydrogen) atoms. The molecule has 3 heterocycles. The molecule has 8 heteroatoms. The van der Waals surface area contributed by atoms with Crippen molar-refractivity contribution in [3.05, 3.63) is 63.9 Å². The summed E-state index contributed by atoms with van der Waals surface area (Å²) in [5.41, 5.74) is 2.68. The van der Waals surface area contributed by atoms with Crippen LogP contribution >= 0.6 is 11.6 Å². The Morgan fingerprint density at radius 2 is 2.00 bits per heavy atom. The lowest BCUT2D eigenvalue weighted by Gasteiger charge is -2.28. The molecule has 1 atom stereocenters. The molecule has 186 valence electrons. The van der Waals surface area contributed by atoms with Crippen LogP contribution in [0.2, 0.25) is 5.02 Å². The lowest BCUT2D eigenvalue weighted by Crippen LogP contribution is -2.45. The van der Waals surface area contributed by atoms with Crippen LogP contribution in [0.5, 0.6) is 11.6 Å². The number of aromatic hydroxyl groups is 1. The second kappa shape index (κ2) is 9.39. The van der Waals surface area contributed by atoms with Crippen molar-refractivity contribution in [3.8, 4) is 22.8 Å². The molecule has 0 bridgehead atoms. The average Bonchev–Trinajstić information content (AvgIpc) is 3.25. The van der Waals surface area contributed by atoms with Crippen molar-refractivity contribution in [2.24, 2.45) is 5.92 Å². The number of likely N-dealkylation sites (tertiary alicyclic amines) is 1. The first-order chi connectivity index (χ1) is 17.5. The summed E-state index contributed by atoms with van der Waals surface area (Å²) >= 11 is 6.83. The predicted molar refractivity (Wildman–Crippen MR) is 143 cm³/mol. The maximum atomic E-state index is 13.5. The summed E-state index contributed by atoms with van der Waals surface area (Å²) in [6, 6.07) is 15.3. The number of phenols is 1. The zero-order chi connectivity index (χ0) is 24.8. The van der Waals surface area contributed by atoms with Crippen molar-refractivity contribution in [1.82, 2.24) is 19.8 Å². The highest BCUT2D eigenvalue weighted by Gasteiger charge is 2.25. The van der Waals surface area contributed by atoms with E-state index in [9.17, 15) is 9.90 Å². The minimum atomic E-state index is -0.221. The van der Waals surface area contributed by atoms with Crippen LogP contribution in [-0.4, -0.2) is 58.9 Å². The highest BCUT2D eigenvalue weighted by molar-refractivity contribution is 6.34. The van der Waals surface area contributed by atoms with Crippen molar-refractivity contribution in [2.45, 2.75) is 25.4 Å². The lowest BCUT2D eigenvalue weighted by atomic mass is 9.97. The summed E-state index contributed by atoms with van der Waals surface area (Å²) < 4.78 is 7.83. The monoisotopic (exact) mass is 504 g/mol. The number of phenolic OH excluding ortho intramolecular Hbond substituents is 1. The van der Waals surface area contributed by atoms with Crippen LogP contribution in [0.4, 0.5) is 0 Å². The molecule has 2 aliphatic heterocycles. The smallest absolute Gasteiger partial charge is 0.313 e. The summed E-state index contributed by atoms with van der Waals surface area (Å²) in [4.78, 5) is 20.5. The van der Waals surface area contributed by atoms with Crippen molar-refractivity contribution in [2.75, 3.05) is 33.3 Å². The zero-order valence-corrected chi connectivity index (χ0v) is 21.0.